The molecule has 3 aromatic rings. The highest BCUT2D eigenvalue weighted by Crippen LogP contribution is 2.30. The SMILES string of the molecule is O=C(Nc1cccc2c(O)cccc12)c1csc(CN2CCOCC2)n1. The number of carbonyl (C=O) groups is 1. The number of morpholine rings is 1. The second-order valence-corrected chi connectivity index (χ2v) is 7.09. The second-order valence-electron chi connectivity index (χ2n) is 6.15. The van der Waals surface area contributed by atoms with Gasteiger partial charge in [-0.25, -0.2) is 4.98 Å². The Hall–Kier alpha value is -2.48. The Balaban J connectivity index is 1.50. The Kier molecular flexibility index (Phi) is 4.83. The lowest BCUT2D eigenvalue weighted by atomic mass is 10.1. The maximum absolute atomic E-state index is 12.6. The molecule has 6 nitrogen and oxygen atoms in total. The fourth-order valence-corrected chi connectivity index (χ4v) is 3.84. The number of nitrogens with zero attached hydrogens (tertiary/aromatic N) is 2. The largest absolute Gasteiger partial charge is 0.507 e. The van der Waals surface area contributed by atoms with E-state index in [1.165, 1.54) is 11.3 Å². The summed E-state index contributed by atoms with van der Waals surface area (Å²) in [7, 11) is 0. The summed E-state index contributed by atoms with van der Waals surface area (Å²) in [5.41, 5.74) is 1.07. The van der Waals surface area contributed by atoms with Crippen LogP contribution in [0.5, 0.6) is 5.75 Å². The maximum atomic E-state index is 12.6. The predicted octanol–water partition coefficient (Wildman–Crippen LogP) is 3.09. The number of thiazole rings is 1. The molecule has 0 bridgehead atoms. The molecule has 1 aromatic heterocycles. The Morgan fingerprint density at radius 2 is 1.96 bits per heavy atom. The number of phenolic OH excluding ortho intramolecular Hbond substituents is 1. The van der Waals surface area contributed by atoms with E-state index in [0.717, 1.165) is 43.2 Å². The predicted molar refractivity (Wildman–Crippen MR) is 102 cm³/mol. The van der Waals surface area contributed by atoms with Gasteiger partial charge in [0.15, 0.2) is 0 Å². The first-order valence-corrected chi connectivity index (χ1v) is 9.35. The minimum Gasteiger partial charge on any atom is -0.507 e. The minimum absolute atomic E-state index is 0.194. The normalized spacial score (nSPS) is 15.2. The topological polar surface area (TPSA) is 74.7 Å². The zero-order valence-electron chi connectivity index (χ0n) is 14.1. The van der Waals surface area contributed by atoms with E-state index >= 15 is 0 Å². The number of rotatable bonds is 4. The van der Waals surface area contributed by atoms with E-state index < -0.39 is 0 Å². The number of hydrogen-bond acceptors (Lipinski definition) is 6. The third kappa shape index (κ3) is 3.55. The number of aromatic nitrogens is 1. The molecule has 2 heterocycles. The second kappa shape index (κ2) is 7.41. The first-order chi connectivity index (χ1) is 12.7. The molecule has 1 fully saturated rings. The number of amides is 1. The van der Waals surface area contributed by atoms with Crippen molar-refractivity contribution in [2.45, 2.75) is 6.54 Å². The average molecular weight is 369 g/mol. The Bertz CT molecular complexity index is 935. The summed E-state index contributed by atoms with van der Waals surface area (Å²) >= 11 is 1.49. The zero-order valence-corrected chi connectivity index (χ0v) is 15.0. The van der Waals surface area contributed by atoms with Gasteiger partial charge in [0.2, 0.25) is 0 Å². The lowest BCUT2D eigenvalue weighted by Crippen LogP contribution is -2.35. The van der Waals surface area contributed by atoms with Crippen LogP contribution in [-0.4, -0.2) is 47.2 Å². The molecule has 0 aliphatic carbocycles. The lowest BCUT2D eigenvalue weighted by molar-refractivity contribution is 0.0341. The summed E-state index contributed by atoms with van der Waals surface area (Å²) in [4.78, 5) is 19.3. The van der Waals surface area contributed by atoms with E-state index in [4.69, 9.17) is 4.74 Å². The van der Waals surface area contributed by atoms with Crippen LogP contribution in [0.15, 0.2) is 41.8 Å². The van der Waals surface area contributed by atoms with Crippen LogP contribution in [0.4, 0.5) is 5.69 Å². The molecule has 1 amide bonds. The summed E-state index contributed by atoms with van der Waals surface area (Å²) < 4.78 is 5.35. The van der Waals surface area contributed by atoms with Crippen molar-refractivity contribution in [1.29, 1.82) is 0 Å². The third-order valence-electron chi connectivity index (χ3n) is 4.39. The molecule has 4 rings (SSSR count). The Morgan fingerprint density at radius 1 is 1.19 bits per heavy atom. The van der Waals surface area contributed by atoms with E-state index in [1.54, 1.807) is 17.5 Å². The minimum atomic E-state index is -0.245. The number of carbonyl (C=O) groups excluding carboxylic acids is 1. The van der Waals surface area contributed by atoms with Crippen molar-refractivity contribution in [3.63, 3.8) is 0 Å². The average Bonchev–Trinajstić information content (AvgIpc) is 3.12. The number of phenols is 1. The summed E-state index contributed by atoms with van der Waals surface area (Å²) in [6.07, 6.45) is 0. The molecule has 1 aliphatic rings. The maximum Gasteiger partial charge on any atom is 0.275 e. The van der Waals surface area contributed by atoms with Gasteiger partial charge in [0.25, 0.3) is 5.91 Å². The molecule has 0 radical (unpaired) electrons. The van der Waals surface area contributed by atoms with Crippen LogP contribution < -0.4 is 5.32 Å². The van der Waals surface area contributed by atoms with Crippen LogP contribution in [0, 0.1) is 0 Å². The van der Waals surface area contributed by atoms with Gasteiger partial charge in [-0.2, -0.15) is 0 Å². The van der Waals surface area contributed by atoms with Crippen LogP contribution >= 0.6 is 11.3 Å². The van der Waals surface area contributed by atoms with Crippen molar-refractivity contribution in [2.75, 3.05) is 31.6 Å². The smallest absolute Gasteiger partial charge is 0.275 e. The van der Waals surface area contributed by atoms with Gasteiger partial charge in [-0.1, -0.05) is 24.3 Å². The fraction of sp³-hybridized carbons (Fsp3) is 0.263. The molecule has 0 unspecified atom stereocenters. The molecular formula is C19H19N3O3S. The van der Waals surface area contributed by atoms with Crippen LogP contribution in [0.2, 0.25) is 0 Å². The number of benzene rings is 2. The van der Waals surface area contributed by atoms with Crippen LogP contribution in [0.3, 0.4) is 0 Å². The van der Waals surface area contributed by atoms with Crippen LogP contribution in [0.1, 0.15) is 15.5 Å². The number of anilines is 1. The van der Waals surface area contributed by atoms with Gasteiger partial charge in [-0.3, -0.25) is 9.69 Å². The summed E-state index contributed by atoms with van der Waals surface area (Å²) in [6.45, 7) is 4.00. The Labute approximate surface area is 155 Å². The third-order valence-corrected chi connectivity index (χ3v) is 5.23. The number of fused-ring (bicyclic) bond motifs is 1. The van der Waals surface area contributed by atoms with Crippen molar-refractivity contribution in [1.82, 2.24) is 9.88 Å². The highest BCUT2D eigenvalue weighted by molar-refractivity contribution is 7.09. The van der Waals surface area contributed by atoms with E-state index in [0.29, 0.717) is 16.8 Å². The van der Waals surface area contributed by atoms with Gasteiger partial charge >= 0.3 is 0 Å². The fourth-order valence-electron chi connectivity index (χ4n) is 3.03. The van der Waals surface area contributed by atoms with Crippen molar-refractivity contribution < 1.29 is 14.6 Å². The van der Waals surface area contributed by atoms with Crippen molar-refractivity contribution in [2.24, 2.45) is 0 Å². The van der Waals surface area contributed by atoms with Crippen molar-refractivity contribution in [3.8, 4) is 5.75 Å². The molecule has 134 valence electrons. The molecule has 1 aliphatic heterocycles. The molecule has 2 N–H and O–H groups in total. The molecule has 1 saturated heterocycles. The van der Waals surface area contributed by atoms with Crippen LogP contribution in [-0.2, 0) is 11.3 Å². The van der Waals surface area contributed by atoms with E-state index in [2.05, 4.69) is 15.2 Å². The van der Waals surface area contributed by atoms with Gasteiger partial charge in [0.05, 0.1) is 19.8 Å². The van der Waals surface area contributed by atoms with Gasteiger partial charge in [-0.05, 0) is 12.1 Å². The summed E-state index contributed by atoms with van der Waals surface area (Å²) in [5.74, 6) is -0.0506. The number of aromatic hydroxyl groups is 1. The highest BCUT2D eigenvalue weighted by atomic mass is 32.1. The monoisotopic (exact) mass is 369 g/mol. The zero-order chi connectivity index (χ0) is 17.9. The quantitative estimate of drug-likeness (QED) is 0.739. The summed E-state index contributed by atoms with van der Waals surface area (Å²) in [6, 6.07) is 10.7. The van der Waals surface area contributed by atoms with Gasteiger partial charge in [0, 0.05) is 34.9 Å². The number of hydrogen-bond donors (Lipinski definition) is 2. The standard InChI is InChI=1S/C19H19N3O3S/c23-17-6-2-3-13-14(17)4-1-5-15(13)21-19(24)16-12-26-18(20-16)11-22-7-9-25-10-8-22/h1-6,12,23H,7-11H2,(H,21,24). The van der Waals surface area contributed by atoms with E-state index in [-0.39, 0.29) is 11.7 Å². The van der Waals surface area contributed by atoms with Gasteiger partial charge in [-0.15, -0.1) is 11.3 Å². The molecule has 7 heteroatoms. The molecule has 0 atom stereocenters. The van der Waals surface area contributed by atoms with E-state index in [1.807, 2.05) is 24.3 Å². The number of nitrogens with one attached hydrogen (secondary N) is 1. The first-order valence-electron chi connectivity index (χ1n) is 8.47. The lowest BCUT2D eigenvalue weighted by Gasteiger charge is -2.25. The van der Waals surface area contributed by atoms with Gasteiger partial charge in [0.1, 0.15) is 16.5 Å². The molecule has 2 aromatic carbocycles. The Morgan fingerprint density at radius 3 is 2.81 bits per heavy atom. The molecule has 26 heavy (non-hydrogen) atoms. The first kappa shape index (κ1) is 17.0. The van der Waals surface area contributed by atoms with Crippen LogP contribution in [0.25, 0.3) is 10.8 Å². The molecule has 0 spiro atoms. The highest BCUT2D eigenvalue weighted by Gasteiger charge is 2.16. The number of ether oxygens (including phenoxy) is 1. The van der Waals surface area contributed by atoms with Crippen molar-refractivity contribution in [3.05, 3.63) is 52.5 Å². The van der Waals surface area contributed by atoms with Gasteiger partial charge < -0.3 is 15.2 Å². The molecular weight excluding hydrogens is 350 g/mol. The molecule has 0 saturated carbocycles. The summed E-state index contributed by atoms with van der Waals surface area (Å²) in [5, 5.41) is 17.1. The van der Waals surface area contributed by atoms with Crippen molar-refractivity contribution >= 4 is 33.7 Å². The van der Waals surface area contributed by atoms with E-state index in [9.17, 15) is 9.90 Å².